The van der Waals surface area contributed by atoms with Crippen molar-refractivity contribution in [3.05, 3.63) is 53.9 Å². The van der Waals surface area contributed by atoms with Crippen molar-refractivity contribution >= 4 is 5.65 Å². The molecular formula is C18H20N2O2. The van der Waals surface area contributed by atoms with Gasteiger partial charge >= 0.3 is 0 Å². The second-order valence-electron chi connectivity index (χ2n) is 5.66. The van der Waals surface area contributed by atoms with Gasteiger partial charge in [-0.3, -0.25) is 0 Å². The van der Waals surface area contributed by atoms with E-state index in [2.05, 4.69) is 0 Å². The molecule has 0 radical (unpaired) electrons. The fourth-order valence-corrected chi connectivity index (χ4v) is 2.54. The highest BCUT2D eigenvalue weighted by atomic mass is 16.5. The van der Waals surface area contributed by atoms with Crippen molar-refractivity contribution < 1.29 is 9.84 Å². The van der Waals surface area contributed by atoms with Crippen LogP contribution in [-0.4, -0.2) is 20.6 Å². The molecule has 0 saturated carbocycles. The van der Waals surface area contributed by atoms with E-state index in [0.717, 1.165) is 33.9 Å². The van der Waals surface area contributed by atoms with Crippen LogP contribution in [0.1, 0.15) is 25.1 Å². The van der Waals surface area contributed by atoms with E-state index in [4.69, 9.17) is 9.72 Å². The summed E-state index contributed by atoms with van der Waals surface area (Å²) < 4.78 is 7.71. The van der Waals surface area contributed by atoms with E-state index >= 15 is 0 Å². The van der Waals surface area contributed by atoms with E-state index in [1.807, 2.05) is 67.8 Å². The molecule has 0 saturated heterocycles. The van der Waals surface area contributed by atoms with Crippen molar-refractivity contribution in [3.63, 3.8) is 0 Å². The Morgan fingerprint density at radius 1 is 1.18 bits per heavy atom. The van der Waals surface area contributed by atoms with Crippen LogP contribution < -0.4 is 4.74 Å². The predicted molar refractivity (Wildman–Crippen MR) is 87.1 cm³/mol. The van der Waals surface area contributed by atoms with Crippen LogP contribution in [-0.2, 0) is 6.61 Å². The van der Waals surface area contributed by atoms with Gasteiger partial charge in [-0.05, 0) is 62.7 Å². The number of ether oxygens (including phenoxy) is 1. The summed E-state index contributed by atoms with van der Waals surface area (Å²) in [6.07, 6.45) is 2.11. The van der Waals surface area contributed by atoms with E-state index in [-0.39, 0.29) is 12.7 Å². The maximum Gasteiger partial charge on any atom is 0.138 e. The minimum Gasteiger partial charge on any atom is -0.491 e. The molecule has 0 spiro atoms. The number of rotatable bonds is 4. The normalized spacial score (nSPS) is 11.3. The van der Waals surface area contributed by atoms with Gasteiger partial charge in [-0.25, -0.2) is 4.98 Å². The quantitative estimate of drug-likeness (QED) is 0.800. The molecule has 0 aliphatic rings. The van der Waals surface area contributed by atoms with Gasteiger partial charge < -0.3 is 14.2 Å². The van der Waals surface area contributed by atoms with E-state index in [0.29, 0.717) is 0 Å². The summed E-state index contributed by atoms with van der Waals surface area (Å²) in [6.45, 7) is 6.10. The monoisotopic (exact) mass is 296 g/mol. The Labute approximate surface area is 130 Å². The Kier molecular flexibility index (Phi) is 3.86. The number of aliphatic hydroxyl groups is 1. The highest BCUT2D eigenvalue weighted by Crippen LogP contribution is 2.26. The molecule has 22 heavy (non-hydrogen) atoms. The van der Waals surface area contributed by atoms with Crippen LogP contribution in [0.25, 0.3) is 16.9 Å². The fourth-order valence-electron chi connectivity index (χ4n) is 2.54. The first-order valence-electron chi connectivity index (χ1n) is 7.44. The molecule has 3 aromatic rings. The third kappa shape index (κ3) is 2.70. The average molecular weight is 296 g/mol. The van der Waals surface area contributed by atoms with Gasteiger partial charge in [0.15, 0.2) is 0 Å². The van der Waals surface area contributed by atoms with Gasteiger partial charge in [-0.15, -0.1) is 0 Å². The zero-order valence-electron chi connectivity index (χ0n) is 13.1. The van der Waals surface area contributed by atoms with Crippen LogP contribution >= 0.6 is 0 Å². The molecule has 0 unspecified atom stereocenters. The summed E-state index contributed by atoms with van der Waals surface area (Å²) in [7, 11) is 0. The Bertz CT molecular complexity index is 789. The lowest BCUT2D eigenvalue weighted by molar-refractivity contribution is 0.242. The Hall–Kier alpha value is -2.33. The van der Waals surface area contributed by atoms with Gasteiger partial charge in [0.05, 0.1) is 18.4 Å². The number of pyridine rings is 1. The van der Waals surface area contributed by atoms with Gasteiger partial charge in [0.1, 0.15) is 11.4 Å². The molecule has 0 aliphatic heterocycles. The Morgan fingerprint density at radius 3 is 2.55 bits per heavy atom. The van der Waals surface area contributed by atoms with Gasteiger partial charge in [-0.1, -0.05) is 0 Å². The largest absolute Gasteiger partial charge is 0.491 e. The lowest BCUT2D eigenvalue weighted by Crippen LogP contribution is -2.05. The van der Waals surface area contributed by atoms with E-state index in [1.54, 1.807) is 0 Å². The first-order chi connectivity index (χ1) is 10.6. The second kappa shape index (κ2) is 5.81. The molecule has 3 rings (SSSR count). The summed E-state index contributed by atoms with van der Waals surface area (Å²) in [4.78, 5) is 4.69. The minimum absolute atomic E-state index is 0.0268. The number of fused-ring (bicyclic) bond motifs is 1. The first kappa shape index (κ1) is 14.6. The van der Waals surface area contributed by atoms with Crippen molar-refractivity contribution in [2.24, 2.45) is 0 Å². The Morgan fingerprint density at radius 2 is 1.91 bits per heavy atom. The lowest BCUT2D eigenvalue weighted by atomic mass is 10.1. The van der Waals surface area contributed by atoms with Crippen molar-refractivity contribution in [1.82, 2.24) is 9.38 Å². The Balaban J connectivity index is 2.00. The number of aryl methyl sites for hydroxylation is 1. The molecule has 0 fully saturated rings. The first-order valence-corrected chi connectivity index (χ1v) is 7.44. The molecule has 4 nitrogen and oxygen atoms in total. The molecule has 0 amide bonds. The second-order valence-corrected chi connectivity index (χ2v) is 5.66. The van der Waals surface area contributed by atoms with E-state index in [1.165, 1.54) is 0 Å². The highest BCUT2D eigenvalue weighted by molar-refractivity contribution is 5.67. The lowest BCUT2D eigenvalue weighted by Gasteiger charge is -2.09. The SMILES string of the molecule is Cc1c(-c2ccc(OC(C)C)cc2)nc2cc(CO)ccn12. The van der Waals surface area contributed by atoms with Crippen molar-refractivity contribution in [2.45, 2.75) is 33.5 Å². The van der Waals surface area contributed by atoms with Crippen LogP contribution in [0.4, 0.5) is 0 Å². The maximum atomic E-state index is 9.24. The van der Waals surface area contributed by atoms with E-state index < -0.39 is 0 Å². The number of benzene rings is 1. The number of nitrogens with zero attached hydrogens (tertiary/aromatic N) is 2. The molecule has 114 valence electrons. The third-order valence-electron chi connectivity index (χ3n) is 3.61. The minimum atomic E-state index is 0.0268. The van der Waals surface area contributed by atoms with Gasteiger partial charge in [0, 0.05) is 17.5 Å². The van der Waals surface area contributed by atoms with Gasteiger partial charge in [-0.2, -0.15) is 0 Å². The smallest absolute Gasteiger partial charge is 0.138 e. The zero-order valence-corrected chi connectivity index (χ0v) is 13.1. The topological polar surface area (TPSA) is 46.8 Å². The van der Waals surface area contributed by atoms with Crippen LogP contribution in [0.3, 0.4) is 0 Å². The molecule has 0 bridgehead atoms. The standard InChI is InChI=1S/C18H20N2O2/c1-12(2)22-16-6-4-15(5-7-16)18-13(3)20-9-8-14(11-21)10-17(20)19-18/h4-10,12,21H,11H2,1-3H3. The molecule has 0 aliphatic carbocycles. The molecular weight excluding hydrogens is 276 g/mol. The summed E-state index contributed by atoms with van der Waals surface area (Å²) >= 11 is 0. The fraction of sp³-hybridized carbons (Fsp3) is 0.278. The maximum absolute atomic E-state index is 9.24. The number of aromatic nitrogens is 2. The molecule has 2 heterocycles. The number of hydrogen-bond acceptors (Lipinski definition) is 3. The predicted octanol–water partition coefficient (Wildman–Crippen LogP) is 3.59. The summed E-state index contributed by atoms with van der Waals surface area (Å²) in [5.41, 5.74) is 4.80. The van der Waals surface area contributed by atoms with Gasteiger partial charge in [0.25, 0.3) is 0 Å². The van der Waals surface area contributed by atoms with Crippen LogP contribution in [0, 0.1) is 6.92 Å². The molecule has 1 N–H and O–H groups in total. The molecule has 2 aromatic heterocycles. The molecule has 0 atom stereocenters. The van der Waals surface area contributed by atoms with Crippen molar-refractivity contribution in [3.8, 4) is 17.0 Å². The number of aliphatic hydroxyl groups excluding tert-OH is 1. The van der Waals surface area contributed by atoms with Gasteiger partial charge in [0.2, 0.25) is 0 Å². The van der Waals surface area contributed by atoms with E-state index in [9.17, 15) is 5.11 Å². The third-order valence-corrected chi connectivity index (χ3v) is 3.61. The van der Waals surface area contributed by atoms with Crippen molar-refractivity contribution in [2.75, 3.05) is 0 Å². The summed E-state index contributed by atoms with van der Waals surface area (Å²) in [6, 6.07) is 11.8. The molecule has 4 heteroatoms. The van der Waals surface area contributed by atoms with Crippen LogP contribution in [0.5, 0.6) is 5.75 Å². The zero-order chi connectivity index (χ0) is 15.7. The average Bonchev–Trinajstić information content (AvgIpc) is 2.84. The summed E-state index contributed by atoms with van der Waals surface area (Å²) in [5, 5.41) is 9.24. The van der Waals surface area contributed by atoms with Crippen LogP contribution in [0.15, 0.2) is 42.6 Å². The number of hydrogen-bond donors (Lipinski definition) is 1. The van der Waals surface area contributed by atoms with Crippen LogP contribution in [0.2, 0.25) is 0 Å². The number of imidazole rings is 1. The molecule has 1 aromatic carbocycles. The highest BCUT2D eigenvalue weighted by Gasteiger charge is 2.11. The summed E-state index contributed by atoms with van der Waals surface area (Å²) in [5.74, 6) is 0.864. The van der Waals surface area contributed by atoms with Crippen molar-refractivity contribution in [1.29, 1.82) is 0 Å².